The van der Waals surface area contributed by atoms with Crippen molar-refractivity contribution in [2.24, 2.45) is 0 Å². The van der Waals surface area contributed by atoms with Crippen LogP contribution in [0.3, 0.4) is 0 Å². The van der Waals surface area contributed by atoms with Gasteiger partial charge in [0.15, 0.2) is 0 Å². The molecule has 162 valence electrons. The molecule has 0 saturated carbocycles. The van der Waals surface area contributed by atoms with Crippen molar-refractivity contribution in [1.29, 1.82) is 0 Å². The molecule has 0 saturated heterocycles. The Bertz CT molecular complexity index is 1310. The molecule has 1 atom stereocenters. The number of H-pyrrole nitrogens is 1. The summed E-state index contributed by atoms with van der Waals surface area (Å²) in [5, 5.41) is 4.47. The van der Waals surface area contributed by atoms with Crippen molar-refractivity contribution in [2.75, 3.05) is 22.2 Å². The lowest BCUT2D eigenvalue weighted by Crippen LogP contribution is -2.53. The highest BCUT2D eigenvalue weighted by molar-refractivity contribution is 6.05. The van der Waals surface area contributed by atoms with E-state index >= 15 is 0 Å². The van der Waals surface area contributed by atoms with Crippen LogP contribution in [0.5, 0.6) is 0 Å². The number of nitrogens with one attached hydrogen (secondary N) is 2. The van der Waals surface area contributed by atoms with Crippen LogP contribution in [0, 0.1) is 0 Å². The summed E-state index contributed by atoms with van der Waals surface area (Å²) in [6.07, 6.45) is 3.74. The highest BCUT2D eigenvalue weighted by Gasteiger charge is 2.34. The number of hydrogen-bond acceptors (Lipinski definition) is 5. The summed E-state index contributed by atoms with van der Waals surface area (Å²) < 4.78 is 0. The Balaban J connectivity index is 1.49. The van der Waals surface area contributed by atoms with E-state index in [1.807, 2.05) is 50.5 Å². The third-order valence-electron chi connectivity index (χ3n) is 6.05. The zero-order valence-corrected chi connectivity index (χ0v) is 18.6. The maximum absolute atomic E-state index is 12.7. The molecule has 5 rings (SSSR count). The minimum Gasteiger partial charge on any atom is -0.360 e. The third kappa shape index (κ3) is 3.26. The van der Waals surface area contributed by atoms with Crippen LogP contribution in [-0.4, -0.2) is 40.0 Å². The second kappa shape index (κ2) is 7.67. The van der Waals surface area contributed by atoms with Gasteiger partial charge in [-0.15, -0.1) is 0 Å². The van der Waals surface area contributed by atoms with E-state index in [-0.39, 0.29) is 18.0 Å². The maximum atomic E-state index is 12.7. The molecule has 0 radical (unpaired) electrons. The smallest absolute Gasteiger partial charge is 0.249 e. The number of carbonyl (C=O) groups is 1. The Hall–Kier alpha value is -3.87. The minimum absolute atomic E-state index is 0.0988. The first kappa shape index (κ1) is 20.1. The molecule has 7 heteroatoms. The molecule has 2 aromatic carbocycles. The normalized spacial score (nSPS) is 16.0. The largest absolute Gasteiger partial charge is 0.360 e. The molecule has 1 amide bonds. The summed E-state index contributed by atoms with van der Waals surface area (Å²) in [6.45, 7) is 6.16. The lowest BCUT2D eigenvalue weighted by atomic mass is 10.0. The van der Waals surface area contributed by atoms with Crippen molar-refractivity contribution in [3.05, 3.63) is 60.9 Å². The van der Waals surface area contributed by atoms with Crippen LogP contribution in [0.25, 0.3) is 22.2 Å². The Kier molecular flexibility index (Phi) is 4.81. The molecular formula is C25H26N6O. The fourth-order valence-corrected chi connectivity index (χ4v) is 4.53. The van der Waals surface area contributed by atoms with Gasteiger partial charge in [-0.1, -0.05) is 18.2 Å². The van der Waals surface area contributed by atoms with E-state index in [9.17, 15) is 4.79 Å². The molecule has 0 bridgehead atoms. The number of aromatic nitrogens is 3. The van der Waals surface area contributed by atoms with Gasteiger partial charge in [0.25, 0.3) is 0 Å². The average molecular weight is 427 g/mol. The number of benzene rings is 2. The summed E-state index contributed by atoms with van der Waals surface area (Å²) >= 11 is 0. The van der Waals surface area contributed by atoms with Gasteiger partial charge < -0.3 is 20.1 Å². The maximum Gasteiger partial charge on any atom is 0.249 e. The van der Waals surface area contributed by atoms with Crippen LogP contribution < -0.4 is 15.1 Å². The van der Waals surface area contributed by atoms with Crippen molar-refractivity contribution in [1.82, 2.24) is 15.0 Å². The van der Waals surface area contributed by atoms with Crippen molar-refractivity contribution >= 4 is 39.8 Å². The number of likely N-dealkylation sites (N-methyl/N-ethyl adjacent to an activating group) is 1. The molecular weight excluding hydrogens is 400 g/mol. The van der Waals surface area contributed by atoms with E-state index in [2.05, 4.69) is 52.2 Å². The molecule has 1 aliphatic heterocycles. The van der Waals surface area contributed by atoms with E-state index < -0.39 is 0 Å². The zero-order valence-electron chi connectivity index (χ0n) is 18.6. The number of fused-ring (bicyclic) bond motifs is 2. The number of carbonyl (C=O) groups excluding carboxylic acids is 1. The van der Waals surface area contributed by atoms with Crippen LogP contribution in [0.2, 0.25) is 0 Å². The summed E-state index contributed by atoms with van der Waals surface area (Å²) in [6, 6.07) is 16.1. The Labute approximate surface area is 187 Å². The van der Waals surface area contributed by atoms with E-state index in [4.69, 9.17) is 4.98 Å². The second-order valence-corrected chi connectivity index (χ2v) is 8.42. The number of rotatable bonds is 4. The molecule has 4 aromatic rings. The predicted molar refractivity (Wildman–Crippen MR) is 130 cm³/mol. The quantitative estimate of drug-likeness (QED) is 0.483. The summed E-state index contributed by atoms with van der Waals surface area (Å²) in [5.74, 6) is 0.624. The van der Waals surface area contributed by atoms with E-state index in [0.717, 1.165) is 39.2 Å². The van der Waals surface area contributed by atoms with E-state index in [1.165, 1.54) is 0 Å². The number of amides is 1. The Morgan fingerprint density at radius 1 is 1.09 bits per heavy atom. The van der Waals surface area contributed by atoms with Gasteiger partial charge in [-0.2, -0.15) is 0 Å². The molecule has 32 heavy (non-hydrogen) atoms. The molecule has 3 heterocycles. The van der Waals surface area contributed by atoms with Gasteiger partial charge in [-0.3, -0.25) is 4.79 Å². The zero-order chi connectivity index (χ0) is 22.4. The van der Waals surface area contributed by atoms with Crippen LogP contribution in [0.1, 0.15) is 20.8 Å². The number of aromatic amines is 1. The Morgan fingerprint density at radius 2 is 1.91 bits per heavy atom. The van der Waals surface area contributed by atoms with Crippen molar-refractivity contribution < 1.29 is 4.79 Å². The summed E-state index contributed by atoms with van der Waals surface area (Å²) in [7, 11) is 1.83. The van der Waals surface area contributed by atoms with E-state index in [0.29, 0.717) is 5.95 Å². The summed E-state index contributed by atoms with van der Waals surface area (Å²) in [4.78, 5) is 29.0. The molecule has 0 spiro atoms. The molecule has 0 aliphatic carbocycles. The molecule has 0 unspecified atom stereocenters. The number of anilines is 4. The molecule has 2 aromatic heterocycles. The van der Waals surface area contributed by atoms with Gasteiger partial charge in [-0.25, -0.2) is 9.97 Å². The first-order chi connectivity index (χ1) is 15.4. The highest BCUT2D eigenvalue weighted by Crippen LogP contribution is 2.39. The SMILES string of the molecule is CC(C)N1c2cc(Nc3nccc(-c4c[nH]c5ccccc45)n3)ccc2N(C)C(=O)[C@H]1C. The van der Waals surface area contributed by atoms with Crippen LogP contribution in [-0.2, 0) is 4.79 Å². The lowest BCUT2D eigenvalue weighted by molar-refractivity contribution is -0.119. The topological polar surface area (TPSA) is 77.2 Å². The number of hydrogen-bond donors (Lipinski definition) is 2. The van der Waals surface area contributed by atoms with Crippen molar-refractivity contribution in [3.8, 4) is 11.3 Å². The predicted octanol–water partition coefficient (Wildman–Crippen LogP) is 4.95. The van der Waals surface area contributed by atoms with Crippen LogP contribution in [0.4, 0.5) is 23.0 Å². The van der Waals surface area contributed by atoms with Crippen LogP contribution >= 0.6 is 0 Å². The van der Waals surface area contributed by atoms with Gasteiger partial charge >= 0.3 is 0 Å². The third-order valence-corrected chi connectivity index (χ3v) is 6.05. The average Bonchev–Trinajstić information content (AvgIpc) is 3.22. The van der Waals surface area contributed by atoms with Gasteiger partial charge in [0.2, 0.25) is 11.9 Å². The van der Waals surface area contributed by atoms with Crippen molar-refractivity contribution in [3.63, 3.8) is 0 Å². The van der Waals surface area contributed by atoms with E-state index in [1.54, 1.807) is 11.1 Å². The van der Waals surface area contributed by atoms with Gasteiger partial charge in [-0.05, 0) is 51.1 Å². The van der Waals surface area contributed by atoms with Crippen molar-refractivity contribution in [2.45, 2.75) is 32.9 Å². The van der Waals surface area contributed by atoms with Gasteiger partial charge in [0.05, 0.1) is 17.1 Å². The first-order valence-corrected chi connectivity index (χ1v) is 10.8. The summed E-state index contributed by atoms with van der Waals surface area (Å²) in [5.41, 5.74) is 5.76. The fourth-order valence-electron chi connectivity index (χ4n) is 4.53. The number of para-hydroxylation sites is 1. The lowest BCUT2D eigenvalue weighted by Gasteiger charge is -2.42. The van der Waals surface area contributed by atoms with Gasteiger partial charge in [0.1, 0.15) is 6.04 Å². The standard InChI is InChI=1S/C25H26N6O/c1-15(2)31-16(3)24(32)30(4)22-10-9-17(13-23(22)31)28-25-26-12-11-21(29-25)19-14-27-20-8-6-5-7-18(19)20/h5-16,27H,1-4H3,(H,26,28,29)/t16-/m1/s1. The molecule has 7 nitrogen and oxygen atoms in total. The fraction of sp³-hybridized carbons (Fsp3) is 0.240. The number of nitrogens with zero attached hydrogens (tertiary/aromatic N) is 4. The molecule has 0 fully saturated rings. The Morgan fingerprint density at radius 3 is 2.72 bits per heavy atom. The minimum atomic E-state index is -0.218. The first-order valence-electron chi connectivity index (χ1n) is 10.8. The molecule has 1 aliphatic rings. The highest BCUT2D eigenvalue weighted by atomic mass is 16.2. The monoisotopic (exact) mass is 426 g/mol. The second-order valence-electron chi connectivity index (χ2n) is 8.42. The van der Waals surface area contributed by atoms with Crippen LogP contribution in [0.15, 0.2) is 60.9 Å². The van der Waals surface area contributed by atoms with Gasteiger partial charge in [0, 0.05) is 47.6 Å². The molecule has 2 N–H and O–H groups in total.